The van der Waals surface area contributed by atoms with Gasteiger partial charge in [-0.3, -0.25) is 0 Å². The van der Waals surface area contributed by atoms with Crippen LogP contribution in [0.4, 0.5) is 0 Å². The summed E-state index contributed by atoms with van der Waals surface area (Å²) in [6.07, 6.45) is 0.295. The maximum atomic E-state index is 5.68. The Morgan fingerprint density at radius 3 is 2.95 bits per heavy atom. The summed E-state index contributed by atoms with van der Waals surface area (Å²) in [7, 11) is 0. The van der Waals surface area contributed by atoms with Crippen molar-refractivity contribution >= 4 is 10.8 Å². The van der Waals surface area contributed by atoms with E-state index in [0.29, 0.717) is 6.10 Å². The second kappa shape index (κ2) is 6.15. The Bertz CT molecular complexity index is 530. The zero-order valence-electron chi connectivity index (χ0n) is 11.1. The van der Waals surface area contributed by atoms with Crippen molar-refractivity contribution < 1.29 is 4.74 Å². The van der Waals surface area contributed by atoms with Crippen LogP contribution in [0.5, 0.6) is 0 Å². The van der Waals surface area contributed by atoms with Crippen LogP contribution >= 0.6 is 0 Å². The third-order valence-corrected chi connectivity index (χ3v) is 3.57. The summed E-state index contributed by atoms with van der Waals surface area (Å²) in [5.41, 5.74) is 1.35. The van der Waals surface area contributed by atoms with Crippen LogP contribution in [0.2, 0.25) is 0 Å². The summed E-state index contributed by atoms with van der Waals surface area (Å²) >= 11 is 0. The number of hydrogen-bond acceptors (Lipinski definition) is 3. The second-order valence-corrected chi connectivity index (χ2v) is 4.97. The zero-order valence-corrected chi connectivity index (χ0v) is 11.1. The van der Waals surface area contributed by atoms with E-state index in [1.165, 1.54) is 16.3 Å². The van der Waals surface area contributed by atoms with E-state index in [0.717, 1.165) is 32.8 Å². The minimum absolute atomic E-state index is 0.295. The van der Waals surface area contributed by atoms with Crippen molar-refractivity contribution in [3.63, 3.8) is 0 Å². The molecule has 0 radical (unpaired) electrons. The summed E-state index contributed by atoms with van der Waals surface area (Å²) in [4.78, 5) is 0. The number of rotatable bonds is 4. The average Bonchev–Trinajstić information content (AvgIpc) is 2.49. The Morgan fingerprint density at radius 1 is 1.16 bits per heavy atom. The van der Waals surface area contributed by atoms with Gasteiger partial charge in [-0.1, -0.05) is 42.5 Å². The van der Waals surface area contributed by atoms with Crippen LogP contribution in [-0.2, 0) is 11.3 Å². The van der Waals surface area contributed by atoms with Crippen molar-refractivity contribution in [1.29, 1.82) is 0 Å². The molecule has 3 nitrogen and oxygen atoms in total. The van der Waals surface area contributed by atoms with Gasteiger partial charge in [0.2, 0.25) is 0 Å². The topological polar surface area (TPSA) is 33.3 Å². The molecule has 0 amide bonds. The number of hydrogen-bond donors (Lipinski definition) is 2. The summed E-state index contributed by atoms with van der Waals surface area (Å²) in [5, 5.41) is 9.48. The van der Waals surface area contributed by atoms with E-state index in [4.69, 9.17) is 4.74 Å². The molecule has 100 valence electrons. The van der Waals surface area contributed by atoms with E-state index in [1.807, 2.05) is 0 Å². The van der Waals surface area contributed by atoms with Crippen LogP contribution in [0.15, 0.2) is 42.5 Å². The van der Waals surface area contributed by atoms with Crippen LogP contribution < -0.4 is 10.6 Å². The van der Waals surface area contributed by atoms with Crippen LogP contribution in [0.3, 0.4) is 0 Å². The molecule has 2 aromatic carbocycles. The molecule has 2 aromatic rings. The molecule has 1 heterocycles. The van der Waals surface area contributed by atoms with E-state index < -0.39 is 0 Å². The van der Waals surface area contributed by atoms with Crippen molar-refractivity contribution in [3.05, 3.63) is 48.0 Å². The molecule has 0 bridgehead atoms. The minimum Gasteiger partial charge on any atom is -0.374 e. The van der Waals surface area contributed by atoms with Gasteiger partial charge in [0, 0.05) is 26.2 Å². The Kier molecular flexibility index (Phi) is 4.08. The predicted octanol–water partition coefficient (Wildman–Crippen LogP) is 1.92. The largest absolute Gasteiger partial charge is 0.374 e. The van der Waals surface area contributed by atoms with E-state index in [2.05, 4.69) is 53.1 Å². The lowest BCUT2D eigenvalue weighted by atomic mass is 10.0. The number of fused-ring (bicyclic) bond motifs is 1. The SMILES string of the molecule is c1ccc2c(CNCC3CNCCO3)cccc2c1. The highest BCUT2D eigenvalue weighted by Gasteiger charge is 2.12. The normalized spacial score (nSPS) is 19.7. The fraction of sp³-hybridized carbons (Fsp3) is 0.375. The summed E-state index contributed by atoms with van der Waals surface area (Å²) in [6, 6.07) is 15.0. The average molecular weight is 256 g/mol. The second-order valence-electron chi connectivity index (χ2n) is 4.97. The lowest BCUT2D eigenvalue weighted by molar-refractivity contribution is 0.0291. The van der Waals surface area contributed by atoms with Crippen LogP contribution in [0, 0.1) is 0 Å². The maximum absolute atomic E-state index is 5.68. The molecule has 3 rings (SSSR count). The number of ether oxygens (including phenoxy) is 1. The molecule has 0 spiro atoms. The molecule has 1 fully saturated rings. The van der Waals surface area contributed by atoms with Gasteiger partial charge in [0.15, 0.2) is 0 Å². The number of nitrogens with one attached hydrogen (secondary N) is 2. The molecule has 2 N–H and O–H groups in total. The Hall–Kier alpha value is -1.42. The fourth-order valence-electron chi connectivity index (χ4n) is 2.57. The van der Waals surface area contributed by atoms with Crippen LogP contribution in [0.25, 0.3) is 10.8 Å². The summed E-state index contributed by atoms with van der Waals surface area (Å²) in [6.45, 7) is 4.53. The first kappa shape index (κ1) is 12.6. The number of morpholine rings is 1. The van der Waals surface area contributed by atoms with Gasteiger partial charge in [0.1, 0.15) is 0 Å². The van der Waals surface area contributed by atoms with Crippen molar-refractivity contribution in [2.24, 2.45) is 0 Å². The molecule has 1 aliphatic heterocycles. The highest BCUT2D eigenvalue weighted by molar-refractivity contribution is 5.85. The lowest BCUT2D eigenvalue weighted by Gasteiger charge is -2.24. The summed E-state index contributed by atoms with van der Waals surface area (Å²) < 4.78 is 5.68. The van der Waals surface area contributed by atoms with Gasteiger partial charge in [0.05, 0.1) is 12.7 Å². The molecule has 1 atom stereocenters. The van der Waals surface area contributed by atoms with Gasteiger partial charge in [-0.05, 0) is 16.3 Å². The zero-order chi connectivity index (χ0) is 12.9. The van der Waals surface area contributed by atoms with Gasteiger partial charge in [-0.25, -0.2) is 0 Å². The monoisotopic (exact) mass is 256 g/mol. The minimum atomic E-state index is 0.295. The lowest BCUT2D eigenvalue weighted by Crippen LogP contribution is -2.43. The molecule has 3 heteroatoms. The van der Waals surface area contributed by atoms with Gasteiger partial charge in [-0.2, -0.15) is 0 Å². The molecule has 0 aliphatic carbocycles. The van der Waals surface area contributed by atoms with E-state index >= 15 is 0 Å². The molecule has 19 heavy (non-hydrogen) atoms. The van der Waals surface area contributed by atoms with Gasteiger partial charge in [0.25, 0.3) is 0 Å². The molecule has 0 saturated carbocycles. The van der Waals surface area contributed by atoms with Crippen LogP contribution in [0.1, 0.15) is 5.56 Å². The smallest absolute Gasteiger partial charge is 0.0824 e. The van der Waals surface area contributed by atoms with E-state index in [9.17, 15) is 0 Å². The molecule has 1 unspecified atom stereocenters. The molecule has 1 saturated heterocycles. The van der Waals surface area contributed by atoms with Crippen molar-refractivity contribution in [2.75, 3.05) is 26.2 Å². The first-order valence-corrected chi connectivity index (χ1v) is 6.93. The van der Waals surface area contributed by atoms with Crippen molar-refractivity contribution in [2.45, 2.75) is 12.6 Å². The van der Waals surface area contributed by atoms with E-state index in [1.54, 1.807) is 0 Å². The summed E-state index contributed by atoms with van der Waals surface area (Å²) in [5.74, 6) is 0. The first-order valence-electron chi connectivity index (χ1n) is 6.93. The molecule has 0 aromatic heterocycles. The molecule has 1 aliphatic rings. The van der Waals surface area contributed by atoms with Gasteiger partial charge < -0.3 is 15.4 Å². The first-order chi connectivity index (χ1) is 9.43. The standard InChI is InChI=1S/C16H20N2O/c1-2-7-16-13(4-1)5-3-6-14(16)10-18-12-15-11-17-8-9-19-15/h1-7,15,17-18H,8-12H2. The molecular weight excluding hydrogens is 236 g/mol. The fourth-order valence-corrected chi connectivity index (χ4v) is 2.57. The van der Waals surface area contributed by atoms with Crippen molar-refractivity contribution in [3.8, 4) is 0 Å². The third-order valence-electron chi connectivity index (χ3n) is 3.57. The Balaban J connectivity index is 1.62. The highest BCUT2D eigenvalue weighted by atomic mass is 16.5. The Morgan fingerprint density at radius 2 is 2.05 bits per heavy atom. The Labute approximate surface area is 114 Å². The number of benzene rings is 2. The van der Waals surface area contributed by atoms with Crippen LogP contribution in [-0.4, -0.2) is 32.3 Å². The highest BCUT2D eigenvalue weighted by Crippen LogP contribution is 2.18. The van der Waals surface area contributed by atoms with Gasteiger partial charge in [-0.15, -0.1) is 0 Å². The van der Waals surface area contributed by atoms with E-state index in [-0.39, 0.29) is 0 Å². The quantitative estimate of drug-likeness (QED) is 0.877. The van der Waals surface area contributed by atoms with Crippen molar-refractivity contribution in [1.82, 2.24) is 10.6 Å². The molecular formula is C16H20N2O. The van der Waals surface area contributed by atoms with Gasteiger partial charge >= 0.3 is 0 Å². The third kappa shape index (κ3) is 3.13. The predicted molar refractivity (Wildman–Crippen MR) is 78.3 cm³/mol. The maximum Gasteiger partial charge on any atom is 0.0824 e.